The fraction of sp³-hybridized carbons (Fsp3) is 0.571. The molecule has 0 aliphatic heterocycles. The van der Waals surface area contributed by atoms with Crippen LogP contribution in [-0.2, 0) is 11.2 Å². The molecule has 1 N–H and O–H groups in total. The van der Waals surface area contributed by atoms with Crippen LogP contribution in [0.1, 0.15) is 25.8 Å². The second-order valence-corrected chi connectivity index (χ2v) is 4.63. The van der Waals surface area contributed by atoms with Gasteiger partial charge in [-0.3, -0.25) is 0 Å². The first-order valence-corrected chi connectivity index (χ1v) is 6.80. The minimum absolute atomic E-state index is 0.123. The average Bonchev–Trinajstić information content (AvgIpc) is 2.38. The van der Waals surface area contributed by atoms with Crippen LogP contribution in [0.25, 0.3) is 0 Å². The second kappa shape index (κ2) is 8.46. The summed E-state index contributed by atoms with van der Waals surface area (Å²) < 4.78 is 19.2. The van der Waals surface area contributed by atoms with Gasteiger partial charge < -0.3 is 10.1 Å². The smallest absolute Gasteiger partial charge is 0.145 e. The van der Waals surface area contributed by atoms with E-state index in [1.54, 1.807) is 18.2 Å². The van der Waals surface area contributed by atoms with Crippen LogP contribution in [-0.4, -0.2) is 25.8 Å². The van der Waals surface area contributed by atoms with Gasteiger partial charge in [0, 0.05) is 12.6 Å². The first kappa shape index (κ1) is 15.4. The molecule has 0 fully saturated rings. The Balaban J connectivity index is 2.65. The van der Waals surface area contributed by atoms with Gasteiger partial charge in [-0.05, 0) is 37.9 Å². The van der Waals surface area contributed by atoms with Crippen molar-refractivity contribution in [3.05, 3.63) is 34.6 Å². The van der Waals surface area contributed by atoms with Crippen LogP contribution >= 0.6 is 11.6 Å². The molecule has 18 heavy (non-hydrogen) atoms. The van der Waals surface area contributed by atoms with Gasteiger partial charge in [-0.2, -0.15) is 0 Å². The summed E-state index contributed by atoms with van der Waals surface area (Å²) in [6, 6.07) is 5.24. The van der Waals surface area contributed by atoms with E-state index >= 15 is 0 Å². The molecule has 0 saturated heterocycles. The lowest BCUT2D eigenvalue weighted by molar-refractivity contribution is 0.122. The van der Waals surface area contributed by atoms with Crippen molar-refractivity contribution in [2.75, 3.05) is 19.8 Å². The second-order valence-electron chi connectivity index (χ2n) is 4.23. The van der Waals surface area contributed by atoms with Gasteiger partial charge in [-0.25, -0.2) is 4.39 Å². The fourth-order valence-electron chi connectivity index (χ4n) is 1.77. The van der Waals surface area contributed by atoms with Crippen molar-refractivity contribution in [2.24, 2.45) is 0 Å². The maximum Gasteiger partial charge on any atom is 0.145 e. The first-order chi connectivity index (χ1) is 8.69. The summed E-state index contributed by atoms with van der Waals surface area (Å²) in [5, 5.41) is 3.54. The van der Waals surface area contributed by atoms with E-state index in [4.69, 9.17) is 16.3 Å². The lowest BCUT2D eigenvalue weighted by Crippen LogP contribution is -2.36. The summed E-state index contributed by atoms with van der Waals surface area (Å²) in [7, 11) is 0. The molecule has 0 amide bonds. The number of benzene rings is 1. The molecule has 2 nitrogen and oxygen atoms in total. The molecule has 0 heterocycles. The van der Waals surface area contributed by atoms with E-state index in [0.717, 1.165) is 13.0 Å². The Morgan fingerprint density at radius 1 is 1.39 bits per heavy atom. The van der Waals surface area contributed by atoms with Crippen LogP contribution < -0.4 is 5.32 Å². The van der Waals surface area contributed by atoms with Crippen LogP contribution in [0, 0.1) is 5.82 Å². The van der Waals surface area contributed by atoms with Crippen molar-refractivity contribution >= 4 is 11.6 Å². The van der Waals surface area contributed by atoms with Crippen molar-refractivity contribution in [1.82, 2.24) is 5.32 Å². The highest BCUT2D eigenvalue weighted by molar-refractivity contribution is 6.30. The van der Waals surface area contributed by atoms with Crippen LogP contribution in [0.5, 0.6) is 0 Å². The summed E-state index contributed by atoms with van der Waals surface area (Å²) in [4.78, 5) is 0. The van der Waals surface area contributed by atoms with Crippen molar-refractivity contribution in [2.45, 2.75) is 32.7 Å². The van der Waals surface area contributed by atoms with Gasteiger partial charge >= 0.3 is 0 Å². The third-order valence-corrected chi connectivity index (χ3v) is 3.00. The fourth-order valence-corrected chi connectivity index (χ4v) is 1.96. The van der Waals surface area contributed by atoms with E-state index in [2.05, 4.69) is 12.2 Å². The first-order valence-electron chi connectivity index (χ1n) is 6.43. The number of hydrogen-bond acceptors (Lipinski definition) is 2. The van der Waals surface area contributed by atoms with Gasteiger partial charge in [-0.15, -0.1) is 0 Å². The molecule has 1 atom stereocenters. The SMILES string of the molecule is CCCNC(COCC)Cc1cccc(Cl)c1F. The Morgan fingerprint density at radius 3 is 2.83 bits per heavy atom. The molecule has 0 aromatic heterocycles. The molecule has 0 aliphatic rings. The van der Waals surface area contributed by atoms with Gasteiger partial charge in [0.15, 0.2) is 0 Å². The number of ether oxygens (including phenoxy) is 1. The average molecular weight is 274 g/mol. The quantitative estimate of drug-likeness (QED) is 0.784. The normalized spacial score (nSPS) is 12.7. The lowest BCUT2D eigenvalue weighted by Gasteiger charge is -2.19. The van der Waals surface area contributed by atoms with Crippen LogP contribution in [0.15, 0.2) is 18.2 Å². The molecule has 1 aromatic carbocycles. The Bertz CT molecular complexity index is 352. The predicted octanol–water partition coefficient (Wildman–Crippen LogP) is 3.43. The molecule has 4 heteroatoms. The van der Waals surface area contributed by atoms with Gasteiger partial charge in [0.25, 0.3) is 0 Å². The molecule has 0 bridgehead atoms. The van der Waals surface area contributed by atoms with E-state index in [-0.39, 0.29) is 16.9 Å². The summed E-state index contributed by atoms with van der Waals surface area (Å²) in [5.74, 6) is -0.320. The van der Waals surface area contributed by atoms with Gasteiger partial charge in [0.1, 0.15) is 5.82 Å². The molecule has 1 aromatic rings. The summed E-state index contributed by atoms with van der Waals surface area (Å²) in [6.45, 7) is 6.21. The molecule has 102 valence electrons. The minimum atomic E-state index is -0.320. The predicted molar refractivity (Wildman–Crippen MR) is 73.7 cm³/mol. The van der Waals surface area contributed by atoms with Crippen molar-refractivity contribution in [1.29, 1.82) is 0 Å². The van der Waals surface area contributed by atoms with Crippen molar-refractivity contribution in [3.8, 4) is 0 Å². The van der Waals surface area contributed by atoms with Gasteiger partial charge in [0.05, 0.1) is 11.6 Å². The zero-order chi connectivity index (χ0) is 13.4. The Hall–Kier alpha value is -0.640. The lowest BCUT2D eigenvalue weighted by atomic mass is 10.1. The Morgan fingerprint density at radius 2 is 2.17 bits per heavy atom. The van der Waals surface area contributed by atoms with Crippen LogP contribution in [0.4, 0.5) is 4.39 Å². The van der Waals surface area contributed by atoms with E-state index in [1.165, 1.54) is 0 Å². The Labute approximate surface area is 113 Å². The number of nitrogens with one attached hydrogen (secondary N) is 1. The van der Waals surface area contributed by atoms with Crippen molar-refractivity contribution < 1.29 is 9.13 Å². The molecule has 1 rings (SSSR count). The summed E-state index contributed by atoms with van der Waals surface area (Å²) in [5.41, 5.74) is 0.635. The highest BCUT2D eigenvalue weighted by Gasteiger charge is 2.13. The largest absolute Gasteiger partial charge is 0.380 e. The number of hydrogen-bond donors (Lipinski definition) is 1. The molecule has 0 spiro atoms. The molecule has 1 unspecified atom stereocenters. The number of rotatable bonds is 8. The molecular formula is C14H21ClFNO. The third-order valence-electron chi connectivity index (χ3n) is 2.70. The Kier molecular flexibility index (Phi) is 7.25. The monoisotopic (exact) mass is 273 g/mol. The molecular weight excluding hydrogens is 253 g/mol. The topological polar surface area (TPSA) is 21.3 Å². The van der Waals surface area contributed by atoms with Gasteiger partial charge in [-0.1, -0.05) is 30.7 Å². The molecule has 0 aliphatic carbocycles. The molecule has 0 saturated carbocycles. The minimum Gasteiger partial charge on any atom is -0.380 e. The van der Waals surface area contributed by atoms with Crippen LogP contribution in [0.2, 0.25) is 5.02 Å². The maximum absolute atomic E-state index is 13.8. The standard InChI is InChI=1S/C14H21ClFNO/c1-3-8-17-12(10-18-4-2)9-11-6-5-7-13(15)14(11)16/h5-7,12,17H,3-4,8-10H2,1-2H3. The van der Waals surface area contributed by atoms with E-state index in [0.29, 0.717) is 25.2 Å². The molecule has 0 radical (unpaired) electrons. The summed E-state index contributed by atoms with van der Waals surface area (Å²) in [6.07, 6.45) is 1.63. The van der Waals surface area contributed by atoms with E-state index in [1.807, 2.05) is 6.92 Å². The van der Waals surface area contributed by atoms with E-state index < -0.39 is 0 Å². The van der Waals surface area contributed by atoms with Crippen molar-refractivity contribution in [3.63, 3.8) is 0 Å². The van der Waals surface area contributed by atoms with Gasteiger partial charge in [0.2, 0.25) is 0 Å². The summed E-state index contributed by atoms with van der Waals surface area (Å²) >= 11 is 5.78. The van der Waals surface area contributed by atoms with Crippen LogP contribution in [0.3, 0.4) is 0 Å². The maximum atomic E-state index is 13.8. The third kappa shape index (κ3) is 4.92. The zero-order valence-corrected chi connectivity index (χ0v) is 11.8. The highest BCUT2D eigenvalue weighted by Crippen LogP contribution is 2.19. The van der Waals surface area contributed by atoms with E-state index in [9.17, 15) is 4.39 Å². The highest BCUT2D eigenvalue weighted by atomic mass is 35.5. The number of halogens is 2. The zero-order valence-electron chi connectivity index (χ0n) is 11.0.